The zero-order chi connectivity index (χ0) is 29.9. The van der Waals surface area contributed by atoms with E-state index in [9.17, 15) is 0 Å². The maximum absolute atomic E-state index is 2.49. The summed E-state index contributed by atoms with van der Waals surface area (Å²) < 4.78 is 5.15. The molecule has 212 valence electrons. The summed E-state index contributed by atoms with van der Waals surface area (Å²) in [6.07, 6.45) is 0. The van der Waals surface area contributed by atoms with Gasteiger partial charge < -0.3 is 4.57 Å². The number of rotatable bonds is 2. The molecule has 0 amide bonds. The van der Waals surface area contributed by atoms with Crippen molar-refractivity contribution >= 4 is 74.9 Å². The Kier molecular flexibility index (Phi) is 4.78. The highest BCUT2D eigenvalue weighted by Gasteiger charge is 2.22. The lowest BCUT2D eigenvalue weighted by Gasteiger charge is -2.13. The van der Waals surface area contributed by atoms with E-state index >= 15 is 0 Å². The van der Waals surface area contributed by atoms with E-state index in [1.165, 1.54) is 103 Å². The lowest BCUT2D eigenvalue weighted by atomic mass is 9.93. The summed E-state index contributed by atoms with van der Waals surface area (Å²) in [4.78, 5) is 0. The van der Waals surface area contributed by atoms with Crippen LogP contribution in [0, 0.1) is 0 Å². The molecule has 2 heteroatoms. The molecule has 0 radical (unpaired) electrons. The van der Waals surface area contributed by atoms with Crippen LogP contribution in [0.1, 0.15) is 0 Å². The smallest absolute Gasteiger partial charge is 0.0634 e. The van der Waals surface area contributed by atoms with Crippen molar-refractivity contribution in [1.29, 1.82) is 0 Å². The molecule has 0 saturated carbocycles. The molecule has 1 aliphatic rings. The Bertz CT molecular complexity index is 2890. The Morgan fingerprint density at radius 3 is 2.00 bits per heavy atom. The minimum atomic E-state index is 1.19. The average Bonchev–Trinajstić information content (AvgIpc) is 3.77. The molecule has 1 aliphatic carbocycles. The topological polar surface area (TPSA) is 4.93 Å². The number of nitrogens with zero attached hydrogens (tertiary/aromatic N) is 1. The highest BCUT2D eigenvalue weighted by Crippen LogP contribution is 2.49. The lowest BCUT2D eigenvalue weighted by molar-refractivity contribution is 1.19. The third kappa shape index (κ3) is 3.19. The quantitative estimate of drug-likeness (QED) is 0.186. The van der Waals surface area contributed by atoms with Crippen molar-refractivity contribution in [3.05, 3.63) is 152 Å². The van der Waals surface area contributed by atoms with Gasteiger partial charge in [0.15, 0.2) is 0 Å². The summed E-state index contributed by atoms with van der Waals surface area (Å²) >= 11 is 1.88. The fourth-order valence-corrected chi connectivity index (χ4v) is 9.24. The first-order valence-corrected chi connectivity index (χ1v) is 16.7. The molecule has 0 N–H and O–H groups in total. The molecule has 0 spiro atoms. The van der Waals surface area contributed by atoms with Crippen LogP contribution in [0.5, 0.6) is 0 Å². The summed E-state index contributed by atoms with van der Waals surface area (Å²) in [5.74, 6) is 0. The Morgan fingerprint density at radius 2 is 1.09 bits per heavy atom. The highest BCUT2D eigenvalue weighted by molar-refractivity contribution is 7.26. The van der Waals surface area contributed by atoms with Crippen LogP contribution in [-0.4, -0.2) is 4.57 Å². The van der Waals surface area contributed by atoms with Crippen molar-refractivity contribution in [3.8, 4) is 39.1 Å². The molecule has 0 atom stereocenters. The molecule has 0 bridgehead atoms. The van der Waals surface area contributed by atoms with Gasteiger partial charge in [0.25, 0.3) is 0 Å². The van der Waals surface area contributed by atoms with E-state index in [1.54, 1.807) is 0 Å². The molecule has 11 rings (SSSR count). The third-order valence-electron chi connectivity index (χ3n) is 10.1. The number of benzene rings is 8. The zero-order valence-corrected chi connectivity index (χ0v) is 25.6. The van der Waals surface area contributed by atoms with Crippen LogP contribution >= 0.6 is 11.3 Å². The second-order valence-electron chi connectivity index (χ2n) is 12.5. The first-order valence-electron chi connectivity index (χ1n) is 15.9. The molecule has 0 saturated heterocycles. The molecule has 0 fully saturated rings. The van der Waals surface area contributed by atoms with Crippen LogP contribution in [0.2, 0.25) is 0 Å². The van der Waals surface area contributed by atoms with Gasteiger partial charge in [-0.1, -0.05) is 115 Å². The monoisotopic (exact) mass is 599 g/mol. The highest BCUT2D eigenvalue weighted by atomic mass is 32.1. The van der Waals surface area contributed by atoms with Gasteiger partial charge >= 0.3 is 0 Å². The number of hydrogen-bond donors (Lipinski definition) is 0. The summed E-state index contributed by atoms with van der Waals surface area (Å²) in [7, 11) is 0. The van der Waals surface area contributed by atoms with Crippen LogP contribution in [0.25, 0.3) is 103 Å². The molecule has 10 aromatic rings. The molecule has 0 unspecified atom stereocenters. The van der Waals surface area contributed by atoms with E-state index < -0.39 is 0 Å². The molecule has 46 heavy (non-hydrogen) atoms. The van der Waals surface area contributed by atoms with Gasteiger partial charge in [-0.25, -0.2) is 0 Å². The molecular formula is C44H25NS. The SMILES string of the molecule is c1ccc2c(c1)-c1cccc3c(-c4ccc5cc(-n6c7ccccc7c7ccc8sc9ccccc9c8c76)ccc5c4)ccc-2c13. The van der Waals surface area contributed by atoms with E-state index in [2.05, 4.69) is 156 Å². The predicted octanol–water partition coefficient (Wildman–Crippen LogP) is 12.8. The summed E-state index contributed by atoms with van der Waals surface area (Å²) in [6, 6.07) is 56.4. The average molecular weight is 600 g/mol. The van der Waals surface area contributed by atoms with Crippen LogP contribution < -0.4 is 0 Å². The van der Waals surface area contributed by atoms with Crippen molar-refractivity contribution in [2.75, 3.05) is 0 Å². The van der Waals surface area contributed by atoms with E-state index in [-0.39, 0.29) is 0 Å². The summed E-state index contributed by atoms with van der Waals surface area (Å²) in [5.41, 5.74) is 11.6. The molecule has 2 aromatic heterocycles. The van der Waals surface area contributed by atoms with Crippen LogP contribution in [0.15, 0.2) is 152 Å². The van der Waals surface area contributed by atoms with E-state index in [1.807, 2.05) is 11.3 Å². The van der Waals surface area contributed by atoms with Crippen molar-refractivity contribution in [2.45, 2.75) is 0 Å². The second kappa shape index (κ2) is 8.94. The number of fused-ring (bicyclic) bond motifs is 11. The van der Waals surface area contributed by atoms with Gasteiger partial charge in [0.2, 0.25) is 0 Å². The minimum Gasteiger partial charge on any atom is -0.309 e. The third-order valence-corrected chi connectivity index (χ3v) is 11.3. The fourth-order valence-electron chi connectivity index (χ4n) is 8.13. The van der Waals surface area contributed by atoms with E-state index in [4.69, 9.17) is 0 Å². The van der Waals surface area contributed by atoms with Crippen molar-refractivity contribution < 1.29 is 0 Å². The van der Waals surface area contributed by atoms with Crippen molar-refractivity contribution in [1.82, 2.24) is 4.57 Å². The van der Waals surface area contributed by atoms with E-state index in [0.29, 0.717) is 0 Å². The first kappa shape index (κ1) is 24.6. The predicted molar refractivity (Wildman–Crippen MR) is 199 cm³/mol. The fraction of sp³-hybridized carbons (Fsp3) is 0. The second-order valence-corrected chi connectivity index (χ2v) is 13.6. The first-order chi connectivity index (χ1) is 22.8. The molecule has 0 aliphatic heterocycles. The maximum Gasteiger partial charge on any atom is 0.0634 e. The molecule has 8 aromatic carbocycles. The van der Waals surface area contributed by atoms with Gasteiger partial charge in [-0.15, -0.1) is 11.3 Å². The number of aromatic nitrogens is 1. The maximum atomic E-state index is 2.49. The van der Waals surface area contributed by atoms with Gasteiger partial charge in [-0.05, 0) is 91.3 Å². The van der Waals surface area contributed by atoms with Gasteiger partial charge in [-0.3, -0.25) is 0 Å². The number of thiophene rings is 1. The summed E-state index contributed by atoms with van der Waals surface area (Å²) in [6.45, 7) is 0. The van der Waals surface area contributed by atoms with Gasteiger partial charge in [0.1, 0.15) is 0 Å². The van der Waals surface area contributed by atoms with Crippen molar-refractivity contribution in [2.24, 2.45) is 0 Å². The van der Waals surface area contributed by atoms with Crippen LogP contribution in [0.4, 0.5) is 0 Å². The van der Waals surface area contributed by atoms with E-state index in [0.717, 1.165) is 0 Å². The largest absolute Gasteiger partial charge is 0.309 e. The van der Waals surface area contributed by atoms with Crippen LogP contribution in [-0.2, 0) is 0 Å². The normalized spacial score (nSPS) is 12.3. The lowest BCUT2D eigenvalue weighted by Crippen LogP contribution is -1.94. The van der Waals surface area contributed by atoms with Crippen molar-refractivity contribution in [3.63, 3.8) is 0 Å². The standard InChI is InChI=1S/C44H25NS/c1-2-9-32-31(8-1)35-13-7-12-34-30(20-21-36(32)42(34)35)28-17-16-27-25-29(19-18-26(27)24-28)45-39-14-5-3-10-33(39)37-22-23-41-43(44(37)45)38-11-4-6-15-40(38)46-41/h1-25H. The number of hydrogen-bond acceptors (Lipinski definition) is 1. The Hall–Kier alpha value is -5.70. The molecular weight excluding hydrogens is 575 g/mol. The molecule has 2 heterocycles. The Balaban J connectivity index is 1.12. The Labute approximate surface area is 269 Å². The molecule has 1 nitrogen and oxygen atoms in total. The van der Waals surface area contributed by atoms with Gasteiger partial charge in [-0.2, -0.15) is 0 Å². The van der Waals surface area contributed by atoms with Gasteiger partial charge in [0, 0.05) is 36.6 Å². The summed E-state index contributed by atoms with van der Waals surface area (Å²) in [5, 5.41) is 10.5. The number of para-hydroxylation sites is 1. The minimum absolute atomic E-state index is 1.19. The Morgan fingerprint density at radius 1 is 0.391 bits per heavy atom. The van der Waals surface area contributed by atoms with Gasteiger partial charge in [0.05, 0.1) is 11.0 Å². The van der Waals surface area contributed by atoms with Crippen LogP contribution in [0.3, 0.4) is 0 Å². The zero-order valence-electron chi connectivity index (χ0n) is 24.8.